The van der Waals surface area contributed by atoms with E-state index in [2.05, 4.69) is 11.9 Å². The molecule has 0 saturated carbocycles. The van der Waals surface area contributed by atoms with Gasteiger partial charge >= 0.3 is 0 Å². The molecule has 0 aromatic heterocycles. The molecule has 2 rings (SSSR count). The van der Waals surface area contributed by atoms with Gasteiger partial charge in [0.25, 0.3) is 0 Å². The van der Waals surface area contributed by atoms with Crippen LogP contribution in [0.3, 0.4) is 0 Å². The minimum Gasteiger partial charge on any atom is -0.385 e. The monoisotopic (exact) mass is 239 g/mol. The highest BCUT2D eigenvalue weighted by Crippen LogP contribution is 2.36. The molecule has 16 heavy (non-hydrogen) atoms. The van der Waals surface area contributed by atoms with Crippen LogP contribution in [0.5, 0.6) is 0 Å². The van der Waals surface area contributed by atoms with Crippen LogP contribution in [0.15, 0.2) is 18.2 Å². The first kappa shape index (κ1) is 11.9. The Labute approximate surface area is 102 Å². The fourth-order valence-corrected chi connectivity index (χ4v) is 2.54. The summed E-state index contributed by atoms with van der Waals surface area (Å²) in [5, 5.41) is 11.4. The molecule has 1 saturated heterocycles. The van der Waals surface area contributed by atoms with Gasteiger partial charge in [-0.2, -0.15) is 0 Å². The summed E-state index contributed by atoms with van der Waals surface area (Å²) >= 11 is 6.10. The highest BCUT2D eigenvalue weighted by atomic mass is 35.5. The fraction of sp³-hybridized carbons (Fsp3) is 0.538. The number of aliphatic hydroxyl groups is 1. The lowest BCUT2D eigenvalue weighted by Crippen LogP contribution is -2.41. The average Bonchev–Trinajstić information content (AvgIpc) is 2.27. The molecule has 1 aliphatic rings. The highest BCUT2D eigenvalue weighted by molar-refractivity contribution is 6.31. The number of likely N-dealkylation sites (tertiary alicyclic amines) is 1. The first-order valence-corrected chi connectivity index (χ1v) is 6.07. The number of halogens is 1. The lowest BCUT2D eigenvalue weighted by atomic mass is 9.82. The number of benzene rings is 1. The molecule has 0 spiro atoms. The summed E-state index contributed by atoms with van der Waals surface area (Å²) in [4.78, 5) is 2.24. The molecule has 0 radical (unpaired) electrons. The van der Waals surface area contributed by atoms with Crippen LogP contribution in [0.25, 0.3) is 0 Å². The third-order valence-electron chi connectivity index (χ3n) is 3.58. The Kier molecular flexibility index (Phi) is 3.24. The van der Waals surface area contributed by atoms with E-state index in [9.17, 15) is 5.11 Å². The van der Waals surface area contributed by atoms with E-state index in [0.29, 0.717) is 0 Å². The van der Waals surface area contributed by atoms with Gasteiger partial charge in [-0.25, -0.2) is 0 Å². The third-order valence-corrected chi connectivity index (χ3v) is 3.99. The van der Waals surface area contributed by atoms with Gasteiger partial charge in [-0.05, 0) is 44.0 Å². The number of hydrogen-bond donors (Lipinski definition) is 1. The van der Waals surface area contributed by atoms with Crippen molar-refractivity contribution in [1.29, 1.82) is 0 Å². The summed E-state index contributed by atoms with van der Waals surface area (Å²) in [6.07, 6.45) is 1.56. The van der Waals surface area contributed by atoms with E-state index < -0.39 is 5.60 Å². The van der Waals surface area contributed by atoms with Crippen LogP contribution in [-0.2, 0) is 5.60 Å². The molecule has 0 amide bonds. The molecule has 3 heteroatoms. The zero-order valence-corrected chi connectivity index (χ0v) is 10.6. The molecule has 0 unspecified atom stereocenters. The summed E-state index contributed by atoms with van der Waals surface area (Å²) in [6, 6.07) is 5.78. The summed E-state index contributed by atoms with van der Waals surface area (Å²) in [7, 11) is 2.09. The Morgan fingerprint density at radius 3 is 2.56 bits per heavy atom. The molecular formula is C13H18ClNO. The molecule has 1 aromatic carbocycles. The van der Waals surface area contributed by atoms with Crippen LogP contribution < -0.4 is 0 Å². The number of rotatable bonds is 1. The molecule has 1 fully saturated rings. The van der Waals surface area contributed by atoms with Crippen molar-refractivity contribution in [3.8, 4) is 0 Å². The van der Waals surface area contributed by atoms with Gasteiger partial charge in [-0.15, -0.1) is 0 Å². The lowest BCUT2D eigenvalue weighted by Gasteiger charge is -2.37. The molecule has 88 valence electrons. The first-order chi connectivity index (χ1) is 7.53. The predicted molar refractivity (Wildman–Crippen MR) is 66.8 cm³/mol. The molecule has 1 aliphatic heterocycles. The van der Waals surface area contributed by atoms with Gasteiger partial charge in [0.1, 0.15) is 0 Å². The van der Waals surface area contributed by atoms with Crippen LogP contribution >= 0.6 is 11.6 Å². The van der Waals surface area contributed by atoms with Crippen LogP contribution in [0.4, 0.5) is 0 Å². The molecule has 0 bridgehead atoms. The zero-order chi connectivity index (χ0) is 11.8. The molecule has 0 atom stereocenters. The summed E-state index contributed by atoms with van der Waals surface area (Å²) < 4.78 is 0. The highest BCUT2D eigenvalue weighted by Gasteiger charge is 2.34. The van der Waals surface area contributed by atoms with E-state index in [4.69, 9.17) is 11.6 Å². The van der Waals surface area contributed by atoms with Crippen LogP contribution in [0.1, 0.15) is 24.0 Å². The average molecular weight is 240 g/mol. The number of hydrogen-bond acceptors (Lipinski definition) is 2. The standard InChI is InChI=1S/C13H18ClNO/c1-10-11(4-3-5-12(10)14)13(16)6-8-15(2)9-7-13/h3-5,16H,6-9H2,1-2H3. The maximum absolute atomic E-state index is 10.7. The van der Waals surface area contributed by atoms with Gasteiger partial charge < -0.3 is 10.0 Å². The van der Waals surface area contributed by atoms with E-state index in [1.165, 1.54) is 0 Å². The summed E-state index contributed by atoms with van der Waals surface area (Å²) in [6.45, 7) is 3.85. The van der Waals surface area contributed by atoms with Crippen molar-refractivity contribution in [3.63, 3.8) is 0 Å². The first-order valence-electron chi connectivity index (χ1n) is 5.69. The van der Waals surface area contributed by atoms with E-state index >= 15 is 0 Å². The predicted octanol–water partition coefficient (Wildman–Crippen LogP) is 2.56. The Balaban J connectivity index is 2.32. The normalized spacial score (nSPS) is 21.0. The Morgan fingerprint density at radius 2 is 1.94 bits per heavy atom. The number of piperidine rings is 1. The molecule has 2 nitrogen and oxygen atoms in total. The third kappa shape index (κ3) is 2.10. The van der Waals surface area contributed by atoms with Crippen molar-refractivity contribution >= 4 is 11.6 Å². The number of nitrogens with zero attached hydrogens (tertiary/aromatic N) is 1. The van der Waals surface area contributed by atoms with Crippen LogP contribution in [0, 0.1) is 6.92 Å². The fourth-order valence-electron chi connectivity index (χ4n) is 2.37. The van der Waals surface area contributed by atoms with Crippen molar-refractivity contribution in [2.45, 2.75) is 25.4 Å². The van der Waals surface area contributed by atoms with Gasteiger partial charge in [0.15, 0.2) is 0 Å². The minimum absolute atomic E-state index is 0.693. The largest absolute Gasteiger partial charge is 0.385 e. The van der Waals surface area contributed by atoms with Crippen molar-refractivity contribution in [2.75, 3.05) is 20.1 Å². The van der Waals surface area contributed by atoms with E-state index in [1.807, 2.05) is 25.1 Å². The molecule has 1 N–H and O–H groups in total. The van der Waals surface area contributed by atoms with Gasteiger partial charge in [-0.3, -0.25) is 0 Å². The molecular weight excluding hydrogens is 222 g/mol. The maximum Gasteiger partial charge on any atom is 0.0924 e. The van der Waals surface area contributed by atoms with Gasteiger partial charge in [0.2, 0.25) is 0 Å². The van der Waals surface area contributed by atoms with Gasteiger partial charge in [-0.1, -0.05) is 23.7 Å². The topological polar surface area (TPSA) is 23.5 Å². The molecule has 1 heterocycles. The minimum atomic E-state index is -0.693. The second-order valence-electron chi connectivity index (χ2n) is 4.75. The van der Waals surface area contributed by atoms with Gasteiger partial charge in [0.05, 0.1) is 5.60 Å². The lowest BCUT2D eigenvalue weighted by molar-refractivity contribution is -0.0207. The van der Waals surface area contributed by atoms with Crippen LogP contribution in [0.2, 0.25) is 5.02 Å². The summed E-state index contributed by atoms with van der Waals surface area (Å²) in [5.41, 5.74) is 1.31. The SMILES string of the molecule is Cc1c(Cl)cccc1C1(O)CCN(C)CC1. The second-order valence-corrected chi connectivity index (χ2v) is 5.15. The van der Waals surface area contributed by atoms with E-state index in [-0.39, 0.29) is 0 Å². The maximum atomic E-state index is 10.7. The summed E-state index contributed by atoms with van der Waals surface area (Å²) in [5.74, 6) is 0. The molecule has 0 aliphatic carbocycles. The molecule has 1 aromatic rings. The zero-order valence-electron chi connectivity index (χ0n) is 9.83. The van der Waals surface area contributed by atoms with E-state index in [0.717, 1.165) is 42.1 Å². The van der Waals surface area contributed by atoms with Crippen molar-refractivity contribution < 1.29 is 5.11 Å². The van der Waals surface area contributed by atoms with Crippen LogP contribution in [-0.4, -0.2) is 30.1 Å². The van der Waals surface area contributed by atoms with Crippen molar-refractivity contribution in [3.05, 3.63) is 34.3 Å². The Bertz CT molecular complexity index is 384. The smallest absolute Gasteiger partial charge is 0.0924 e. The van der Waals surface area contributed by atoms with E-state index in [1.54, 1.807) is 0 Å². The van der Waals surface area contributed by atoms with Crippen molar-refractivity contribution in [2.24, 2.45) is 0 Å². The van der Waals surface area contributed by atoms with Gasteiger partial charge in [0, 0.05) is 18.1 Å². The quantitative estimate of drug-likeness (QED) is 0.814. The Morgan fingerprint density at radius 1 is 1.31 bits per heavy atom. The Hall–Kier alpha value is -0.570. The second kappa shape index (κ2) is 4.36. The van der Waals surface area contributed by atoms with Crippen molar-refractivity contribution in [1.82, 2.24) is 4.90 Å².